The number of nitrogens with one attached hydrogen (secondary N) is 1. The number of carbonyl (C=O) groups is 3. The molecular formula is C14H17N3O4. The van der Waals surface area contributed by atoms with Crippen LogP contribution in [0.5, 0.6) is 0 Å². The molecule has 0 saturated carbocycles. The van der Waals surface area contributed by atoms with Crippen LogP contribution in [0.25, 0.3) is 0 Å². The Morgan fingerprint density at radius 1 is 1.33 bits per heavy atom. The summed E-state index contributed by atoms with van der Waals surface area (Å²) in [6.45, 7) is 1.69. The standard InChI is InChI=1S/C14H17N3O4/c1-9(18)17-8-11(7-12(17)14(20)21-2)16-13(19)10-3-5-15-6-4-10/h3-6,11-12H,7-8H2,1-2H3,(H,16,19)/t11-,12-/m0/s1. The number of aromatic nitrogens is 1. The Hall–Kier alpha value is -2.44. The van der Waals surface area contributed by atoms with E-state index in [9.17, 15) is 14.4 Å². The van der Waals surface area contributed by atoms with Gasteiger partial charge in [-0.05, 0) is 12.1 Å². The fourth-order valence-electron chi connectivity index (χ4n) is 2.42. The third-order valence-corrected chi connectivity index (χ3v) is 3.46. The van der Waals surface area contributed by atoms with Crippen LogP contribution in [0.3, 0.4) is 0 Å². The summed E-state index contributed by atoms with van der Waals surface area (Å²) in [7, 11) is 1.28. The molecule has 1 aliphatic rings. The quantitative estimate of drug-likeness (QED) is 0.790. The molecule has 21 heavy (non-hydrogen) atoms. The highest BCUT2D eigenvalue weighted by Gasteiger charge is 2.39. The van der Waals surface area contributed by atoms with E-state index in [1.54, 1.807) is 12.1 Å². The minimum absolute atomic E-state index is 0.217. The summed E-state index contributed by atoms with van der Waals surface area (Å²) < 4.78 is 4.70. The van der Waals surface area contributed by atoms with Crippen molar-refractivity contribution in [2.45, 2.75) is 25.4 Å². The van der Waals surface area contributed by atoms with Gasteiger partial charge in [0.1, 0.15) is 6.04 Å². The van der Waals surface area contributed by atoms with Crippen molar-refractivity contribution in [1.29, 1.82) is 0 Å². The lowest BCUT2D eigenvalue weighted by molar-refractivity contribution is -0.150. The molecule has 0 aliphatic carbocycles. The predicted octanol–water partition coefficient (Wildman–Crippen LogP) is -0.0262. The van der Waals surface area contributed by atoms with Crippen LogP contribution in [0.4, 0.5) is 0 Å². The van der Waals surface area contributed by atoms with E-state index >= 15 is 0 Å². The minimum Gasteiger partial charge on any atom is -0.467 e. The lowest BCUT2D eigenvalue weighted by atomic mass is 10.1. The van der Waals surface area contributed by atoms with Gasteiger partial charge < -0.3 is 15.0 Å². The second kappa shape index (κ2) is 6.34. The molecule has 1 saturated heterocycles. The molecule has 7 heteroatoms. The number of carbonyl (C=O) groups excluding carboxylic acids is 3. The summed E-state index contributed by atoms with van der Waals surface area (Å²) in [5.74, 6) is -0.937. The van der Waals surface area contributed by atoms with Gasteiger partial charge in [-0.2, -0.15) is 0 Å². The fourth-order valence-corrected chi connectivity index (χ4v) is 2.42. The number of amides is 2. The molecular weight excluding hydrogens is 274 g/mol. The van der Waals surface area contributed by atoms with Crippen molar-refractivity contribution in [1.82, 2.24) is 15.2 Å². The highest BCUT2D eigenvalue weighted by molar-refractivity contribution is 5.94. The molecule has 2 heterocycles. The largest absolute Gasteiger partial charge is 0.467 e. The van der Waals surface area contributed by atoms with Crippen molar-refractivity contribution in [3.8, 4) is 0 Å². The van der Waals surface area contributed by atoms with Crippen LogP contribution in [0.1, 0.15) is 23.7 Å². The van der Waals surface area contributed by atoms with Crippen molar-refractivity contribution < 1.29 is 19.1 Å². The van der Waals surface area contributed by atoms with Crippen LogP contribution >= 0.6 is 0 Å². The lowest BCUT2D eigenvalue weighted by Crippen LogP contribution is -2.40. The smallest absolute Gasteiger partial charge is 0.328 e. The van der Waals surface area contributed by atoms with E-state index in [0.29, 0.717) is 18.5 Å². The Kier molecular flexibility index (Phi) is 4.52. The molecule has 112 valence electrons. The molecule has 2 atom stereocenters. The number of hydrogen-bond acceptors (Lipinski definition) is 5. The molecule has 0 aromatic carbocycles. The zero-order chi connectivity index (χ0) is 15.4. The molecule has 2 amide bonds. The summed E-state index contributed by atoms with van der Waals surface area (Å²) >= 11 is 0. The molecule has 0 unspecified atom stereocenters. The highest BCUT2D eigenvalue weighted by atomic mass is 16.5. The van der Waals surface area contributed by atoms with E-state index in [-0.39, 0.29) is 17.9 Å². The average molecular weight is 291 g/mol. The van der Waals surface area contributed by atoms with Gasteiger partial charge in [0, 0.05) is 43.9 Å². The van der Waals surface area contributed by atoms with Gasteiger partial charge in [0.25, 0.3) is 5.91 Å². The van der Waals surface area contributed by atoms with Gasteiger partial charge in [-0.15, -0.1) is 0 Å². The first-order chi connectivity index (χ1) is 10.0. The zero-order valence-electron chi connectivity index (χ0n) is 11.9. The van der Waals surface area contributed by atoms with Crippen LogP contribution < -0.4 is 5.32 Å². The second-order valence-electron chi connectivity index (χ2n) is 4.85. The SMILES string of the molecule is COC(=O)[C@@H]1C[C@H](NC(=O)c2ccncc2)CN1C(C)=O. The number of likely N-dealkylation sites (tertiary alicyclic amines) is 1. The van der Waals surface area contributed by atoms with Crippen LogP contribution in [0.2, 0.25) is 0 Å². The Balaban J connectivity index is 2.04. The topological polar surface area (TPSA) is 88.6 Å². The van der Waals surface area contributed by atoms with Gasteiger partial charge in [-0.25, -0.2) is 4.79 Å². The lowest BCUT2D eigenvalue weighted by Gasteiger charge is -2.20. The van der Waals surface area contributed by atoms with E-state index in [1.807, 2.05) is 0 Å². The van der Waals surface area contributed by atoms with Gasteiger partial charge >= 0.3 is 5.97 Å². The molecule has 2 rings (SSSR count). The van der Waals surface area contributed by atoms with Crippen LogP contribution in [-0.2, 0) is 14.3 Å². The van der Waals surface area contributed by atoms with Gasteiger partial charge in [0.05, 0.1) is 7.11 Å². The van der Waals surface area contributed by atoms with Crippen molar-refractivity contribution in [2.24, 2.45) is 0 Å². The summed E-state index contributed by atoms with van der Waals surface area (Å²) in [6.07, 6.45) is 3.41. The Labute approximate surface area is 122 Å². The van der Waals surface area contributed by atoms with Crippen LogP contribution in [0, 0.1) is 0 Å². The zero-order valence-corrected chi connectivity index (χ0v) is 11.9. The van der Waals surface area contributed by atoms with E-state index in [4.69, 9.17) is 4.74 Å². The van der Waals surface area contributed by atoms with Gasteiger partial charge in [-0.3, -0.25) is 14.6 Å². The number of hydrogen-bond donors (Lipinski definition) is 1. The Bertz CT molecular complexity index is 546. The van der Waals surface area contributed by atoms with Crippen LogP contribution in [-0.4, -0.2) is 53.4 Å². The maximum atomic E-state index is 12.1. The van der Waals surface area contributed by atoms with Crippen molar-refractivity contribution in [2.75, 3.05) is 13.7 Å². The summed E-state index contributed by atoms with van der Waals surface area (Å²) in [4.78, 5) is 40.6. The van der Waals surface area contributed by atoms with Gasteiger partial charge in [0.15, 0.2) is 0 Å². The maximum absolute atomic E-state index is 12.1. The fraction of sp³-hybridized carbons (Fsp3) is 0.429. The molecule has 1 aliphatic heterocycles. The van der Waals surface area contributed by atoms with E-state index in [1.165, 1.54) is 31.3 Å². The first kappa shape index (κ1) is 15.0. The normalized spacial score (nSPS) is 21.0. The van der Waals surface area contributed by atoms with Gasteiger partial charge in [0.2, 0.25) is 5.91 Å². The molecule has 0 bridgehead atoms. The number of rotatable bonds is 3. The summed E-state index contributed by atoms with van der Waals surface area (Å²) in [6, 6.07) is 2.28. The van der Waals surface area contributed by atoms with E-state index < -0.39 is 12.0 Å². The summed E-state index contributed by atoms with van der Waals surface area (Å²) in [5, 5.41) is 2.82. The Morgan fingerprint density at radius 3 is 2.57 bits per heavy atom. The molecule has 1 aromatic rings. The third kappa shape index (κ3) is 3.36. The minimum atomic E-state index is -0.643. The number of nitrogens with zero attached hydrogens (tertiary/aromatic N) is 2. The number of pyridine rings is 1. The molecule has 1 N–H and O–H groups in total. The highest BCUT2D eigenvalue weighted by Crippen LogP contribution is 2.19. The molecule has 1 aromatic heterocycles. The van der Waals surface area contributed by atoms with Crippen molar-refractivity contribution in [3.63, 3.8) is 0 Å². The molecule has 7 nitrogen and oxygen atoms in total. The van der Waals surface area contributed by atoms with E-state index in [0.717, 1.165) is 0 Å². The van der Waals surface area contributed by atoms with E-state index in [2.05, 4.69) is 10.3 Å². The molecule has 0 radical (unpaired) electrons. The van der Waals surface area contributed by atoms with Gasteiger partial charge in [-0.1, -0.05) is 0 Å². The maximum Gasteiger partial charge on any atom is 0.328 e. The number of esters is 1. The average Bonchev–Trinajstić information content (AvgIpc) is 2.91. The third-order valence-electron chi connectivity index (χ3n) is 3.46. The first-order valence-corrected chi connectivity index (χ1v) is 6.59. The second-order valence-corrected chi connectivity index (χ2v) is 4.85. The summed E-state index contributed by atoms with van der Waals surface area (Å²) in [5.41, 5.74) is 0.487. The van der Waals surface area contributed by atoms with Crippen molar-refractivity contribution >= 4 is 17.8 Å². The predicted molar refractivity (Wildman–Crippen MR) is 73.3 cm³/mol. The number of methoxy groups -OCH3 is 1. The van der Waals surface area contributed by atoms with Crippen LogP contribution in [0.15, 0.2) is 24.5 Å². The molecule has 0 spiro atoms. The monoisotopic (exact) mass is 291 g/mol. The molecule has 1 fully saturated rings. The van der Waals surface area contributed by atoms with Crippen molar-refractivity contribution in [3.05, 3.63) is 30.1 Å². The Morgan fingerprint density at radius 2 is 2.00 bits per heavy atom. The number of ether oxygens (including phenoxy) is 1. The first-order valence-electron chi connectivity index (χ1n) is 6.59.